The summed E-state index contributed by atoms with van der Waals surface area (Å²) in [7, 11) is 0. The number of carbonyl (C=O) groups excluding carboxylic acids is 2. The van der Waals surface area contributed by atoms with Gasteiger partial charge in [0.1, 0.15) is 5.70 Å². The number of benzene rings is 2. The Kier molecular flexibility index (Phi) is 5.27. The van der Waals surface area contributed by atoms with Crippen LogP contribution in [0.25, 0.3) is 5.57 Å². The highest BCUT2D eigenvalue weighted by atomic mass is 35.5. The predicted octanol–water partition coefficient (Wildman–Crippen LogP) is 3.17. The van der Waals surface area contributed by atoms with Crippen molar-refractivity contribution in [2.24, 2.45) is 0 Å². The maximum atomic E-state index is 13.5. The number of nitrogens with zero attached hydrogens (tertiary/aromatic N) is 3. The Bertz CT molecular complexity index is 1070. The number of imide groups is 1. The van der Waals surface area contributed by atoms with E-state index in [4.69, 9.17) is 16.3 Å². The lowest BCUT2D eigenvalue weighted by Gasteiger charge is -2.29. The number of rotatable bonds is 4. The SMILES string of the molecule is Cc1c(Cl)cccc1N1C(=O)C(c2ccc([N+](=O)[O-])cc2)=C(N2CCOCC2)C1=O. The summed E-state index contributed by atoms with van der Waals surface area (Å²) in [5, 5.41) is 11.4. The van der Waals surface area contributed by atoms with Crippen molar-refractivity contribution in [2.45, 2.75) is 6.92 Å². The van der Waals surface area contributed by atoms with Gasteiger partial charge >= 0.3 is 0 Å². The molecule has 0 aliphatic carbocycles. The number of amides is 2. The van der Waals surface area contributed by atoms with E-state index >= 15 is 0 Å². The molecule has 0 saturated carbocycles. The molecular formula is C21H18ClN3O5. The van der Waals surface area contributed by atoms with Gasteiger partial charge < -0.3 is 9.64 Å². The summed E-state index contributed by atoms with van der Waals surface area (Å²) < 4.78 is 5.38. The third kappa shape index (κ3) is 3.34. The molecule has 154 valence electrons. The highest BCUT2D eigenvalue weighted by Crippen LogP contribution is 2.38. The summed E-state index contributed by atoms with van der Waals surface area (Å²) in [5.74, 6) is -0.929. The molecule has 2 heterocycles. The van der Waals surface area contributed by atoms with Crippen LogP contribution in [0, 0.1) is 17.0 Å². The van der Waals surface area contributed by atoms with Gasteiger partial charge in [-0.05, 0) is 42.3 Å². The first-order chi connectivity index (χ1) is 14.4. The van der Waals surface area contributed by atoms with Crippen LogP contribution >= 0.6 is 11.6 Å². The molecule has 30 heavy (non-hydrogen) atoms. The van der Waals surface area contributed by atoms with E-state index < -0.39 is 16.7 Å². The van der Waals surface area contributed by atoms with Crippen molar-refractivity contribution in [3.63, 3.8) is 0 Å². The number of nitro benzene ring substituents is 1. The van der Waals surface area contributed by atoms with E-state index in [1.165, 1.54) is 24.3 Å². The fraction of sp³-hybridized carbons (Fsp3) is 0.238. The van der Waals surface area contributed by atoms with Crippen LogP contribution in [-0.4, -0.2) is 47.9 Å². The molecule has 2 aromatic rings. The number of halogens is 1. The Morgan fingerprint density at radius 3 is 2.33 bits per heavy atom. The van der Waals surface area contributed by atoms with E-state index in [1.807, 2.05) is 4.90 Å². The van der Waals surface area contributed by atoms with Crippen molar-refractivity contribution < 1.29 is 19.2 Å². The third-order valence-electron chi connectivity index (χ3n) is 5.23. The molecule has 4 rings (SSSR count). The van der Waals surface area contributed by atoms with Gasteiger partial charge in [0.25, 0.3) is 17.5 Å². The molecule has 2 aliphatic heterocycles. The largest absolute Gasteiger partial charge is 0.378 e. The van der Waals surface area contributed by atoms with Gasteiger partial charge in [0.05, 0.1) is 29.4 Å². The van der Waals surface area contributed by atoms with Crippen LogP contribution in [0.5, 0.6) is 0 Å². The van der Waals surface area contributed by atoms with Crippen LogP contribution in [0.2, 0.25) is 5.02 Å². The Labute approximate surface area is 177 Å². The summed E-state index contributed by atoms with van der Waals surface area (Å²) in [4.78, 5) is 40.4. The van der Waals surface area contributed by atoms with E-state index in [-0.39, 0.29) is 17.0 Å². The van der Waals surface area contributed by atoms with Crippen LogP contribution in [-0.2, 0) is 14.3 Å². The zero-order chi connectivity index (χ0) is 21.4. The highest BCUT2D eigenvalue weighted by molar-refractivity contribution is 6.46. The molecule has 9 heteroatoms. The van der Waals surface area contributed by atoms with E-state index in [0.717, 1.165) is 4.90 Å². The average molecular weight is 428 g/mol. The zero-order valence-electron chi connectivity index (χ0n) is 16.1. The predicted molar refractivity (Wildman–Crippen MR) is 111 cm³/mol. The topological polar surface area (TPSA) is 93.0 Å². The van der Waals surface area contributed by atoms with Gasteiger partial charge in [0, 0.05) is 30.2 Å². The van der Waals surface area contributed by atoms with Gasteiger partial charge in [-0.1, -0.05) is 17.7 Å². The molecule has 0 N–H and O–H groups in total. The van der Waals surface area contributed by atoms with Crippen molar-refractivity contribution >= 4 is 40.4 Å². The standard InChI is InChI=1S/C21H18ClN3O5/c1-13-16(22)3-2-4-17(13)24-20(26)18(14-5-7-15(8-6-14)25(28)29)19(21(24)27)23-9-11-30-12-10-23/h2-8H,9-12H2,1H3. The van der Waals surface area contributed by atoms with Crippen molar-refractivity contribution in [1.82, 2.24) is 4.90 Å². The minimum absolute atomic E-state index is 0.0911. The number of hydrogen-bond acceptors (Lipinski definition) is 6. The highest BCUT2D eigenvalue weighted by Gasteiger charge is 2.43. The Morgan fingerprint density at radius 2 is 1.70 bits per heavy atom. The Morgan fingerprint density at radius 1 is 1.03 bits per heavy atom. The Balaban J connectivity index is 1.84. The molecular weight excluding hydrogens is 410 g/mol. The number of nitro groups is 1. The van der Waals surface area contributed by atoms with Crippen molar-refractivity contribution in [3.8, 4) is 0 Å². The molecule has 1 fully saturated rings. The number of non-ortho nitro benzene ring substituents is 1. The van der Waals surface area contributed by atoms with Crippen LogP contribution in [0.4, 0.5) is 11.4 Å². The maximum Gasteiger partial charge on any atom is 0.282 e. The van der Waals surface area contributed by atoms with Gasteiger partial charge in [-0.15, -0.1) is 0 Å². The van der Waals surface area contributed by atoms with Crippen LogP contribution in [0.1, 0.15) is 11.1 Å². The number of morpholine rings is 1. The Hall–Kier alpha value is -3.23. The second kappa shape index (κ2) is 7.89. The molecule has 2 aromatic carbocycles. The van der Waals surface area contributed by atoms with Gasteiger partial charge in [0.15, 0.2) is 0 Å². The summed E-state index contributed by atoms with van der Waals surface area (Å²) in [6.07, 6.45) is 0. The molecule has 0 atom stereocenters. The molecule has 2 aliphatic rings. The number of anilines is 1. The molecule has 0 spiro atoms. The fourth-order valence-electron chi connectivity index (χ4n) is 3.67. The summed E-state index contributed by atoms with van der Waals surface area (Å²) in [6.45, 7) is 3.56. The zero-order valence-corrected chi connectivity index (χ0v) is 16.9. The second-order valence-electron chi connectivity index (χ2n) is 6.96. The van der Waals surface area contributed by atoms with Gasteiger partial charge in [-0.3, -0.25) is 19.7 Å². The number of hydrogen-bond donors (Lipinski definition) is 0. The average Bonchev–Trinajstić information content (AvgIpc) is 3.01. The summed E-state index contributed by atoms with van der Waals surface area (Å²) >= 11 is 6.22. The number of ether oxygens (including phenoxy) is 1. The minimum Gasteiger partial charge on any atom is -0.378 e. The lowest BCUT2D eigenvalue weighted by Crippen LogP contribution is -2.40. The van der Waals surface area contributed by atoms with Crippen molar-refractivity contribution in [2.75, 3.05) is 31.2 Å². The van der Waals surface area contributed by atoms with Crippen LogP contribution in [0.3, 0.4) is 0 Å². The lowest BCUT2D eigenvalue weighted by atomic mass is 10.0. The molecule has 0 bridgehead atoms. The normalized spacial score (nSPS) is 17.1. The molecule has 0 unspecified atom stereocenters. The summed E-state index contributed by atoms with van der Waals surface area (Å²) in [6, 6.07) is 10.7. The van der Waals surface area contributed by atoms with E-state index in [2.05, 4.69) is 0 Å². The first kappa shape index (κ1) is 20.1. The van der Waals surface area contributed by atoms with Crippen molar-refractivity contribution in [3.05, 3.63) is 74.4 Å². The first-order valence-corrected chi connectivity index (χ1v) is 9.73. The molecule has 0 radical (unpaired) electrons. The monoisotopic (exact) mass is 427 g/mol. The molecule has 8 nitrogen and oxygen atoms in total. The summed E-state index contributed by atoms with van der Waals surface area (Å²) in [5.41, 5.74) is 1.88. The second-order valence-corrected chi connectivity index (χ2v) is 7.36. The molecule has 1 saturated heterocycles. The maximum absolute atomic E-state index is 13.5. The smallest absolute Gasteiger partial charge is 0.282 e. The fourth-order valence-corrected chi connectivity index (χ4v) is 3.84. The minimum atomic E-state index is -0.510. The van der Waals surface area contributed by atoms with Gasteiger partial charge in [0.2, 0.25) is 0 Å². The molecule has 0 aromatic heterocycles. The third-order valence-corrected chi connectivity index (χ3v) is 5.64. The van der Waals surface area contributed by atoms with Gasteiger partial charge in [-0.25, -0.2) is 4.90 Å². The quantitative estimate of drug-likeness (QED) is 0.422. The number of carbonyl (C=O) groups is 2. The van der Waals surface area contributed by atoms with E-state index in [1.54, 1.807) is 25.1 Å². The molecule has 2 amide bonds. The van der Waals surface area contributed by atoms with Gasteiger partial charge in [-0.2, -0.15) is 0 Å². The lowest BCUT2D eigenvalue weighted by molar-refractivity contribution is -0.384. The van der Waals surface area contributed by atoms with E-state index in [0.29, 0.717) is 48.1 Å². The van der Waals surface area contributed by atoms with Crippen molar-refractivity contribution in [1.29, 1.82) is 0 Å². The van der Waals surface area contributed by atoms with Crippen LogP contribution in [0.15, 0.2) is 48.2 Å². The first-order valence-electron chi connectivity index (χ1n) is 9.36. The van der Waals surface area contributed by atoms with Crippen LogP contribution < -0.4 is 4.90 Å². The van der Waals surface area contributed by atoms with E-state index in [9.17, 15) is 19.7 Å².